The van der Waals surface area contributed by atoms with Gasteiger partial charge in [-0.15, -0.1) is 0 Å². The Morgan fingerprint density at radius 3 is 2.59 bits per heavy atom. The van der Waals surface area contributed by atoms with E-state index in [-0.39, 0.29) is 16.3 Å². The van der Waals surface area contributed by atoms with Crippen LogP contribution in [0.3, 0.4) is 0 Å². The standard InChI is InChI=1S/C11H11ClF3NO/c1-3-17-16-7(2)9-6-8(12)4-5-10(9)11(13,14)15/h4-6H,3H2,1-2H3. The Kier molecular flexibility index (Phi) is 4.40. The third-order valence-corrected chi connectivity index (χ3v) is 2.24. The lowest BCUT2D eigenvalue weighted by Crippen LogP contribution is -2.12. The van der Waals surface area contributed by atoms with Crippen LogP contribution in [0.5, 0.6) is 0 Å². The number of hydrogen-bond donors (Lipinski definition) is 0. The second-order valence-corrected chi connectivity index (χ2v) is 3.72. The summed E-state index contributed by atoms with van der Waals surface area (Å²) in [5.41, 5.74) is -0.706. The van der Waals surface area contributed by atoms with Crippen LogP contribution in [0, 0.1) is 0 Å². The van der Waals surface area contributed by atoms with Crippen molar-refractivity contribution in [2.75, 3.05) is 6.61 Å². The van der Waals surface area contributed by atoms with E-state index < -0.39 is 11.7 Å². The minimum Gasteiger partial charge on any atom is -0.396 e. The first-order valence-electron chi connectivity index (χ1n) is 4.90. The molecule has 0 heterocycles. The number of nitrogens with zero attached hydrogens (tertiary/aromatic N) is 1. The maximum atomic E-state index is 12.7. The Labute approximate surface area is 102 Å². The number of benzene rings is 1. The quantitative estimate of drug-likeness (QED) is 0.595. The van der Waals surface area contributed by atoms with Crippen molar-refractivity contribution < 1.29 is 18.0 Å². The van der Waals surface area contributed by atoms with Crippen LogP contribution in [0.1, 0.15) is 25.0 Å². The molecule has 0 N–H and O–H groups in total. The Bertz CT molecular complexity index is 429. The molecular weight excluding hydrogens is 255 g/mol. The molecule has 0 radical (unpaired) electrons. The number of hydrogen-bond acceptors (Lipinski definition) is 2. The van der Waals surface area contributed by atoms with Gasteiger partial charge in [-0.2, -0.15) is 13.2 Å². The summed E-state index contributed by atoms with van der Waals surface area (Å²) >= 11 is 5.68. The van der Waals surface area contributed by atoms with E-state index in [1.165, 1.54) is 19.1 Å². The molecule has 1 rings (SSSR count). The van der Waals surface area contributed by atoms with Crippen LogP contribution in [0.2, 0.25) is 5.02 Å². The van der Waals surface area contributed by atoms with Crippen LogP contribution in [0.15, 0.2) is 23.4 Å². The zero-order chi connectivity index (χ0) is 13.1. The van der Waals surface area contributed by atoms with E-state index in [1.54, 1.807) is 6.92 Å². The van der Waals surface area contributed by atoms with Crippen molar-refractivity contribution in [3.8, 4) is 0 Å². The predicted octanol–water partition coefficient (Wildman–Crippen LogP) is 4.12. The highest BCUT2D eigenvalue weighted by atomic mass is 35.5. The molecule has 1 aromatic carbocycles. The largest absolute Gasteiger partial charge is 0.417 e. The average molecular weight is 266 g/mol. The van der Waals surface area contributed by atoms with Gasteiger partial charge in [-0.05, 0) is 32.0 Å². The second kappa shape index (κ2) is 5.40. The van der Waals surface area contributed by atoms with Gasteiger partial charge >= 0.3 is 6.18 Å². The molecule has 0 bridgehead atoms. The molecule has 0 aliphatic rings. The van der Waals surface area contributed by atoms with Crippen molar-refractivity contribution >= 4 is 17.3 Å². The zero-order valence-corrected chi connectivity index (χ0v) is 10.1. The Balaban J connectivity index is 3.25. The highest BCUT2D eigenvalue weighted by Crippen LogP contribution is 2.33. The van der Waals surface area contributed by atoms with E-state index in [2.05, 4.69) is 5.16 Å². The summed E-state index contributed by atoms with van der Waals surface area (Å²) in [6.07, 6.45) is -4.44. The molecule has 0 atom stereocenters. The van der Waals surface area contributed by atoms with Gasteiger partial charge < -0.3 is 4.84 Å². The van der Waals surface area contributed by atoms with Gasteiger partial charge in [-0.25, -0.2) is 0 Å². The molecule has 0 saturated heterocycles. The van der Waals surface area contributed by atoms with Gasteiger partial charge in [0.15, 0.2) is 0 Å². The van der Waals surface area contributed by atoms with Gasteiger partial charge in [-0.3, -0.25) is 0 Å². The lowest BCUT2D eigenvalue weighted by Gasteiger charge is -2.12. The summed E-state index contributed by atoms with van der Waals surface area (Å²) in [7, 11) is 0. The van der Waals surface area contributed by atoms with Crippen molar-refractivity contribution in [2.24, 2.45) is 5.16 Å². The summed E-state index contributed by atoms with van der Waals surface area (Å²) < 4.78 is 38.2. The molecule has 0 fully saturated rings. The van der Waals surface area contributed by atoms with Gasteiger partial charge in [0.05, 0.1) is 11.3 Å². The SMILES string of the molecule is CCON=C(C)c1cc(Cl)ccc1C(F)(F)F. The number of oxime groups is 1. The Morgan fingerprint density at radius 2 is 2.06 bits per heavy atom. The molecule has 17 heavy (non-hydrogen) atoms. The van der Waals surface area contributed by atoms with Gasteiger partial charge in [0, 0.05) is 10.6 Å². The minimum absolute atomic E-state index is 0.0709. The smallest absolute Gasteiger partial charge is 0.396 e. The fraction of sp³-hybridized carbons (Fsp3) is 0.364. The van der Waals surface area contributed by atoms with E-state index in [0.717, 1.165) is 6.07 Å². The summed E-state index contributed by atoms with van der Waals surface area (Å²) in [5, 5.41) is 3.81. The Hall–Kier alpha value is -1.23. The first kappa shape index (κ1) is 13.8. The third-order valence-electron chi connectivity index (χ3n) is 2.01. The molecule has 0 aliphatic heterocycles. The first-order chi connectivity index (χ1) is 7.86. The summed E-state index contributed by atoms with van der Waals surface area (Å²) in [4.78, 5) is 4.73. The topological polar surface area (TPSA) is 21.6 Å². The predicted molar refractivity (Wildman–Crippen MR) is 60.3 cm³/mol. The molecule has 0 aromatic heterocycles. The van der Waals surface area contributed by atoms with E-state index >= 15 is 0 Å². The van der Waals surface area contributed by atoms with E-state index in [0.29, 0.717) is 6.61 Å². The maximum Gasteiger partial charge on any atom is 0.417 e. The molecule has 0 amide bonds. The fourth-order valence-electron chi connectivity index (χ4n) is 1.27. The normalized spacial score (nSPS) is 12.7. The van der Waals surface area contributed by atoms with Crippen molar-refractivity contribution in [1.82, 2.24) is 0 Å². The fourth-order valence-corrected chi connectivity index (χ4v) is 1.45. The molecule has 2 nitrogen and oxygen atoms in total. The maximum absolute atomic E-state index is 12.7. The molecule has 0 saturated carbocycles. The molecule has 94 valence electrons. The molecule has 0 unspecified atom stereocenters. The van der Waals surface area contributed by atoms with Crippen molar-refractivity contribution in [2.45, 2.75) is 20.0 Å². The van der Waals surface area contributed by atoms with Crippen LogP contribution in [0.25, 0.3) is 0 Å². The van der Waals surface area contributed by atoms with Crippen molar-refractivity contribution in [1.29, 1.82) is 0 Å². The highest BCUT2D eigenvalue weighted by Gasteiger charge is 2.34. The summed E-state index contributed by atoms with van der Waals surface area (Å²) in [6, 6.07) is 3.35. The van der Waals surface area contributed by atoms with Crippen LogP contribution >= 0.6 is 11.6 Å². The number of halogens is 4. The molecule has 0 spiro atoms. The van der Waals surface area contributed by atoms with Crippen LogP contribution < -0.4 is 0 Å². The second-order valence-electron chi connectivity index (χ2n) is 3.28. The molecular formula is C11H11ClF3NO. The number of rotatable bonds is 3. The summed E-state index contributed by atoms with van der Waals surface area (Å²) in [5.74, 6) is 0. The summed E-state index contributed by atoms with van der Waals surface area (Å²) in [6.45, 7) is 3.43. The van der Waals surface area contributed by atoms with Crippen LogP contribution in [-0.4, -0.2) is 12.3 Å². The Morgan fingerprint density at radius 1 is 1.41 bits per heavy atom. The molecule has 6 heteroatoms. The van der Waals surface area contributed by atoms with Gasteiger partial charge in [0.2, 0.25) is 0 Å². The monoisotopic (exact) mass is 265 g/mol. The molecule has 1 aromatic rings. The van der Waals surface area contributed by atoms with Crippen molar-refractivity contribution in [3.05, 3.63) is 34.3 Å². The van der Waals surface area contributed by atoms with Crippen LogP contribution in [0.4, 0.5) is 13.2 Å². The third kappa shape index (κ3) is 3.63. The van der Waals surface area contributed by atoms with E-state index in [1.807, 2.05) is 0 Å². The van der Waals surface area contributed by atoms with Gasteiger partial charge in [0.1, 0.15) is 6.61 Å². The van der Waals surface area contributed by atoms with Crippen molar-refractivity contribution in [3.63, 3.8) is 0 Å². The van der Waals surface area contributed by atoms with Gasteiger partial charge in [-0.1, -0.05) is 16.8 Å². The van der Waals surface area contributed by atoms with E-state index in [9.17, 15) is 13.2 Å². The molecule has 0 aliphatic carbocycles. The highest BCUT2D eigenvalue weighted by molar-refractivity contribution is 6.31. The van der Waals surface area contributed by atoms with E-state index in [4.69, 9.17) is 16.4 Å². The van der Waals surface area contributed by atoms with Gasteiger partial charge in [0.25, 0.3) is 0 Å². The number of alkyl halides is 3. The zero-order valence-electron chi connectivity index (χ0n) is 9.31. The first-order valence-corrected chi connectivity index (χ1v) is 5.27. The average Bonchev–Trinajstić information content (AvgIpc) is 2.24. The lowest BCUT2D eigenvalue weighted by molar-refractivity contribution is -0.137. The lowest BCUT2D eigenvalue weighted by atomic mass is 10.0. The minimum atomic E-state index is -4.44. The van der Waals surface area contributed by atoms with Crippen LogP contribution in [-0.2, 0) is 11.0 Å².